The van der Waals surface area contributed by atoms with Crippen molar-refractivity contribution in [2.45, 2.75) is 32.7 Å². The largest absolute Gasteiger partial charge is 0.502 e. The lowest BCUT2D eigenvalue weighted by Gasteiger charge is -2.52. The van der Waals surface area contributed by atoms with Crippen molar-refractivity contribution in [2.24, 2.45) is 10.8 Å². The van der Waals surface area contributed by atoms with Crippen LogP contribution in [0.15, 0.2) is 30.5 Å². The number of carbonyl (C=O) groups is 2. The summed E-state index contributed by atoms with van der Waals surface area (Å²) >= 11 is 0. The zero-order valence-corrected chi connectivity index (χ0v) is 22.7. The number of phenols is 1. The summed E-state index contributed by atoms with van der Waals surface area (Å²) in [6.07, 6.45) is 1.35. The van der Waals surface area contributed by atoms with Crippen LogP contribution in [0.2, 0.25) is 0 Å². The van der Waals surface area contributed by atoms with Gasteiger partial charge >= 0.3 is 11.9 Å². The summed E-state index contributed by atoms with van der Waals surface area (Å²) in [6, 6.07) is 6.40. The zero-order chi connectivity index (χ0) is 28.4. The number of cyclic esters (lactones) is 1. The molecule has 1 N–H and O–H groups in total. The summed E-state index contributed by atoms with van der Waals surface area (Å²) in [5, 5.41) is 19.0. The van der Waals surface area contributed by atoms with Gasteiger partial charge < -0.3 is 33.5 Å². The molecule has 3 aliphatic rings. The second-order valence-corrected chi connectivity index (χ2v) is 10.4. The fourth-order valence-corrected chi connectivity index (χ4v) is 6.45. The van der Waals surface area contributed by atoms with E-state index >= 15 is 0 Å². The maximum atomic E-state index is 13.8. The zero-order valence-electron chi connectivity index (χ0n) is 22.7. The van der Waals surface area contributed by atoms with E-state index < -0.39 is 34.7 Å². The Morgan fingerprint density at radius 1 is 1.07 bits per heavy atom. The number of esters is 2. The lowest BCUT2D eigenvalue weighted by molar-refractivity contribution is -0.147. The molecule has 0 bridgehead atoms. The van der Waals surface area contributed by atoms with Crippen LogP contribution in [-0.4, -0.2) is 66.3 Å². The van der Waals surface area contributed by atoms with Crippen molar-refractivity contribution in [3.05, 3.63) is 52.8 Å². The van der Waals surface area contributed by atoms with Crippen molar-refractivity contribution in [2.75, 3.05) is 34.2 Å². The molecule has 0 radical (unpaired) electrons. The van der Waals surface area contributed by atoms with E-state index in [-0.39, 0.29) is 42.9 Å². The number of phenolic OH excluding ortho intramolecular Hbond substituents is 1. The first-order chi connectivity index (χ1) is 19.2. The average Bonchev–Trinajstić information content (AvgIpc) is 3.66. The second-order valence-electron chi connectivity index (χ2n) is 10.4. The third-order valence-corrected chi connectivity index (χ3v) is 8.62. The first-order valence-electron chi connectivity index (χ1n) is 12.8. The van der Waals surface area contributed by atoms with Gasteiger partial charge in [-0.15, -0.1) is 5.10 Å². The molecule has 6 rings (SSSR count). The van der Waals surface area contributed by atoms with Gasteiger partial charge in [0.05, 0.1) is 38.5 Å². The Labute approximate surface area is 229 Å². The molecule has 2 aliphatic heterocycles. The third-order valence-electron chi connectivity index (χ3n) is 8.62. The minimum atomic E-state index is -1.19. The van der Waals surface area contributed by atoms with Gasteiger partial charge in [-0.25, -0.2) is 9.48 Å². The summed E-state index contributed by atoms with van der Waals surface area (Å²) in [5.74, 6) is -0.338. The number of rotatable bonds is 6. The highest BCUT2D eigenvalue weighted by Crippen LogP contribution is 2.67. The Morgan fingerprint density at radius 2 is 1.73 bits per heavy atom. The summed E-state index contributed by atoms with van der Waals surface area (Å²) in [5.41, 5.74) is 0.140. The third kappa shape index (κ3) is 3.31. The number of aromatic nitrogens is 3. The molecular formula is C28H29N3O9. The first-order valence-corrected chi connectivity index (χ1v) is 12.8. The standard InChI is InChI=1S/C28H29N3O9/c1-6-37-25(33)17-11-29-30-31(17)24-16-10-19-18(39-13-40-19)9-15(16)22(28(3)26(34)38-12-27(24,28)2)14-7-20(35-4)23(32)21(8-14)36-5/h7-11,22,24,32H,6,12-13H2,1-5H3/t22-,24?,27-,28+/m1/s1. The minimum absolute atomic E-state index is 0.0440. The van der Waals surface area contributed by atoms with E-state index in [2.05, 4.69) is 10.3 Å². The molecule has 3 heterocycles. The summed E-state index contributed by atoms with van der Waals surface area (Å²) in [6.45, 7) is 5.77. The number of fused-ring (bicyclic) bond motifs is 3. The van der Waals surface area contributed by atoms with Crippen molar-refractivity contribution in [1.29, 1.82) is 0 Å². The number of carbonyl (C=O) groups excluding carboxylic acids is 2. The number of benzene rings is 2. The number of aromatic hydroxyl groups is 1. The molecule has 2 aromatic carbocycles. The minimum Gasteiger partial charge on any atom is -0.502 e. The summed E-state index contributed by atoms with van der Waals surface area (Å²) < 4.78 is 35.0. The first kappa shape index (κ1) is 25.8. The maximum absolute atomic E-state index is 13.8. The van der Waals surface area contributed by atoms with Gasteiger partial charge in [0.15, 0.2) is 28.7 Å². The van der Waals surface area contributed by atoms with Crippen LogP contribution in [0.3, 0.4) is 0 Å². The van der Waals surface area contributed by atoms with Gasteiger partial charge in [0.25, 0.3) is 0 Å². The molecule has 1 saturated heterocycles. The molecule has 0 saturated carbocycles. The van der Waals surface area contributed by atoms with Crippen LogP contribution in [-0.2, 0) is 14.3 Å². The van der Waals surface area contributed by atoms with Crippen LogP contribution in [0.4, 0.5) is 0 Å². The fraction of sp³-hybridized carbons (Fsp3) is 0.429. The van der Waals surface area contributed by atoms with Crippen LogP contribution < -0.4 is 18.9 Å². The van der Waals surface area contributed by atoms with E-state index in [0.717, 1.165) is 11.1 Å². The highest BCUT2D eigenvalue weighted by molar-refractivity contribution is 5.88. The molecule has 210 valence electrons. The van der Waals surface area contributed by atoms with E-state index in [4.69, 9.17) is 28.4 Å². The Balaban J connectivity index is 1.68. The highest BCUT2D eigenvalue weighted by atomic mass is 16.7. The van der Waals surface area contributed by atoms with Crippen molar-refractivity contribution >= 4 is 11.9 Å². The molecule has 0 spiro atoms. The van der Waals surface area contributed by atoms with Crippen LogP contribution >= 0.6 is 0 Å². The Kier molecular flexibility index (Phi) is 5.82. The normalized spacial score (nSPS) is 26.1. The number of ether oxygens (including phenoxy) is 6. The molecule has 1 fully saturated rings. The molecule has 1 aromatic heterocycles. The van der Waals surface area contributed by atoms with E-state index in [1.165, 1.54) is 25.1 Å². The second kappa shape index (κ2) is 9.04. The fourth-order valence-electron chi connectivity index (χ4n) is 6.45. The maximum Gasteiger partial charge on any atom is 0.358 e. The van der Waals surface area contributed by atoms with Gasteiger partial charge in [-0.3, -0.25) is 4.79 Å². The number of nitrogens with zero attached hydrogens (tertiary/aromatic N) is 3. The Hall–Kier alpha value is -4.48. The predicted molar refractivity (Wildman–Crippen MR) is 137 cm³/mol. The van der Waals surface area contributed by atoms with Crippen molar-refractivity contribution in [3.63, 3.8) is 0 Å². The summed E-state index contributed by atoms with van der Waals surface area (Å²) in [4.78, 5) is 26.8. The van der Waals surface area contributed by atoms with Gasteiger partial charge in [0.1, 0.15) is 6.61 Å². The van der Waals surface area contributed by atoms with E-state index in [1.54, 1.807) is 19.1 Å². The van der Waals surface area contributed by atoms with Crippen molar-refractivity contribution < 1.29 is 43.1 Å². The average molecular weight is 552 g/mol. The smallest absolute Gasteiger partial charge is 0.358 e. The van der Waals surface area contributed by atoms with Crippen molar-refractivity contribution in [1.82, 2.24) is 15.0 Å². The van der Waals surface area contributed by atoms with Crippen molar-refractivity contribution in [3.8, 4) is 28.7 Å². The van der Waals surface area contributed by atoms with Gasteiger partial charge in [0.2, 0.25) is 12.5 Å². The number of hydrogen-bond donors (Lipinski definition) is 1. The molecule has 3 aromatic rings. The molecular weight excluding hydrogens is 522 g/mol. The predicted octanol–water partition coefficient (Wildman–Crippen LogP) is 3.21. The van der Waals surface area contributed by atoms with Gasteiger partial charge in [-0.2, -0.15) is 0 Å². The van der Waals surface area contributed by atoms with E-state index in [1.807, 2.05) is 26.0 Å². The number of methoxy groups -OCH3 is 2. The van der Waals surface area contributed by atoms with Crippen LogP contribution in [0, 0.1) is 10.8 Å². The Morgan fingerprint density at radius 3 is 2.35 bits per heavy atom. The van der Waals surface area contributed by atoms with Gasteiger partial charge in [0, 0.05) is 11.3 Å². The molecule has 40 heavy (non-hydrogen) atoms. The molecule has 4 atom stereocenters. The number of hydrogen-bond acceptors (Lipinski definition) is 11. The molecule has 1 aliphatic carbocycles. The molecule has 12 heteroatoms. The molecule has 1 unspecified atom stereocenters. The van der Waals surface area contributed by atoms with E-state index in [0.29, 0.717) is 17.1 Å². The lowest BCUT2D eigenvalue weighted by Crippen LogP contribution is -2.53. The van der Waals surface area contributed by atoms with Crippen LogP contribution in [0.25, 0.3) is 0 Å². The van der Waals surface area contributed by atoms with Gasteiger partial charge in [-0.1, -0.05) is 12.1 Å². The highest BCUT2D eigenvalue weighted by Gasteiger charge is 2.69. The SMILES string of the molecule is CCOC(=O)c1cnnn1C1c2cc3c(cc2[C@@H](c2cc(OC)c(O)c(OC)c2)[C@@]2(C)C(=O)OC[C@]12C)OCO3. The molecule has 12 nitrogen and oxygen atoms in total. The Bertz CT molecular complexity index is 1510. The van der Waals surface area contributed by atoms with E-state index in [9.17, 15) is 14.7 Å². The summed E-state index contributed by atoms with van der Waals surface area (Å²) in [7, 11) is 2.89. The monoisotopic (exact) mass is 551 g/mol. The quantitative estimate of drug-likeness (QED) is 0.452. The molecule has 0 amide bonds. The van der Waals surface area contributed by atoms with Gasteiger partial charge in [-0.05, 0) is 54.8 Å². The van der Waals surface area contributed by atoms with Crippen LogP contribution in [0.1, 0.15) is 59.9 Å². The lowest BCUT2D eigenvalue weighted by atomic mass is 9.49. The topological polar surface area (TPSA) is 140 Å². The van der Waals surface area contributed by atoms with Crippen LogP contribution in [0.5, 0.6) is 28.7 Å².